The highest BCUT2D eigenvalue weighted by molar-refractivity contribution is 7.13. The summed E-state index contributed by atoms with van der Waals surface area (Å²) in [6.07, 6.45) is 1.14. The summed E-state index contributed by atoms with van der Waals surface area (Å²) in [6.45, 7) is 1.83. The van der Waals surface area contributed by atoms with Crippen molar-refractivity contribution in [3.05, 3.63) is 46.0 Å². The summed E-state index contributed by atoms with van der Waals surface area (Å²) < 4.78 is 26.8. The minimum atomic E-state index is -0.782. The maximum absolute atomic E-state index is 13.5. The van der Waals surface area contributed by atoms with Crippen molar-refractivity contribution in [1.82, 2.24) is 4.98 Å². The molecule has 0 aliphatic rings. The van der Waals surface area contributed by atoms with E-state index in [-0.39, 0.29) is 11.1 Å². The molecule has 0 spiro atoms. The van der Waals surface area contributed by atoms with Gasteiger partial charge < -0.3 is 0 Å². The van der Waals surface area contributed by atoms with Crippen LogP contribution in [0.3, 0.4) is 0 Å². The molecule has 0 saturated heterocycles. The van der Waals surface area contributed by atoms with E-state index in [0.717, 1.165) is 24.0 Å². The zero-order valence-corrected chi connectivity index (χ0v) is 10.6. The topological polar surface area (TPSA) is 61.1 Å². The summed E-state index contributed by atoms with van der Waals surface area (Å²) in [7, 11) is 0. The van der Waals surface area contributed by atoms with Crippen molar-refractivity contribution in [1.29, 1.82) is 5.26 Å². The van der Waals surface area contributed by atoms with Gasteiger partial charge in [-0.25, -0.2) is 13.8 Å². The number of hydrogen-bond acceptors (Lipinski definition) is 5. The van der Waals surface area contributed by atoms with Gasteiger partial charge in [0.2, 0.25) is 5.13 Å². The number of nitriles is 1. The molecule has 4 nitrogen and oxygen atoms in total. The summed E-state index contributed by atoms with van der Waals surface area (Å²) >= 11 is 1.35. The molecule has 7 heteroatoms. The number of aryl methyl sites for hydroxylation is 1. The second-order valence-electron chi connectivity index (χ2n) is 3.63. The van der Waals surface area contributed by atoms with Crippen LogP contribution in [-0.4, -0.2) is 11.2 Å². The molecule has 1 aromatic carbocycles. The fraction of sp³-hybridized carbons (Fsp3) is 0.0833. The molecule has 0 radical (unpaired) electrons. The lowest BCUT2D eigenvalue weighted by atomic mass is 10.1. The van der Waals surface area contributed by atoms with Crippen molar-refractivity contribution in [2.75, 3.05) is 5.43 Å². The Labute approximate surface area is 112 Å². The Morgan fingerprint density at radius 3 is 2.84 bits per heavy atom. The molecule has 1 heterocycles. The van der Waals surface area contributed by atoms with E-state index in [4.69, 9.17) is 5.26 Å². The smallest absolute Gasteiger partial charge is 0.203 e. The standard InChI is InChI=1S/C12H8F2N4S/c1-7-6-19-12(17-7)18-16-5-9-3-10(13)8(4-15)2-11(9)14/h2-3,5-6H,1H3,(H,17,18). The van der Waals surface area contributed by atoms with Gasteiger partial charge in [0, 0.05) is 10.9 Å². The Balaban J connectivity index is 2.15. The Kier molecular flexibility index (Phi) is 3.82. The Morgan fingerprint density at radius 1 is 1.42 bits per heavy atom. The number of anilines is 1. The molecular formula is C12H8F2N4S. The van der Waals surface area contributed by atoms with Crippen LogP contribution in [0.5, 0.6) is 0 Å². The highest BCUT2D eigenvalue weighted by Gasteiger charge is 2.08. The zero-order valence-electron chi connectivity index (χ0n) is 9.82. The molecule has 0 aliphatic carbocycles. The van der Waals surface area contributed by atoms with Gasteiger partial charge in [0.15, 0.2) is 0 Å². The number of thiazole rings is 1. The Bertz CT molecular complexity index is 673. The molecule has 19 heavy (non-hydrogen) atoms. The van der Waals surface area contributed by atoms with Crippen molar-refractivity contribution in [2.45, 2.75) is 6.92 Å². The van der Waals surface area contributed by atoms with Crippen LogP contribution in [0.1, 0.15) is 16.8 Å². The van der Waals surface area contributed by atoms with Gasteiger partial charge >= 0.3 is 0 Å². The molecule has 2 aromatic rings. The quantitative estimate of drug-likeness (QED) is 0.693. The number of nitrogens with one attached hydrogen (secondary N) is 1. The van der Waals surface area contributed by atoms with Crippen LogP contribution in [0.25, 0.3) is 0 Å². The maximum Gasteiger partial charge on any atom is 0.203 e. The fourth-order valence-electron chi connectivity index (χ4n) is 1.31. The molecular weight excluding hydrogens is 270 g/mol. The Morgan fingerprint density at radius 2 is 2.21 bits per heavy atom. The van der Waals surface area contributed by atoms with Gasteiger partial charge in [-0.2, -0.15) is 10.4 Å². The Hall–Kier alpha value is -2.33. The molecule has 0 fully saturated rings. The van der Waals surface area contributed by atoms with Crippen LogP contribution < -0.4 is 5.43 Å². The van der Waals surface area contributed by atoms with Crippen LogP contribution in [0.2, 0.25) is 0 Å². The predicted octanol–water partition coefficient (Wildman–Crippen LogP) is 3.05. The van der Waals surface area contributed by atoms with E-state index in [9.17, 15) is 8.78 Å². The molecule has 0 atom stereocenters. The minimum absolute atomic E-state index is 0.0442. The highest BCUT2D eigenvalue weighted by Crippen LogP contribution is 2.15. The SMILES string of the molecule is Cc1csc(NN=Cc2cc(F)c(C#N)cc2F)n1. The number of benzene rings is 1. The van der Waals surface area contributed by atoms with E-state index in [1.807, 2.05) is 12.3 Å². The summed E-state index contributed by atoms with van der Waals surface area (Å²) in [5.74, 6) is -1.49. The number of aromatic nitrogens is 1. The monoisotopic (exact) mass is 278 g/mol. The van der Waals surface area contributed by atoms with E-state index in [1.165, 1.54) is 11.3 Å². The molecule has 0 saturated carbocycles. The third-order valence-corrected chi connectivity index (χ3v) is 3.05. The lowest BCUT2D eigenvalue weighted by Crippen LogP contribution is -1.96. The maximum atomic E-state index is 13.5. The lowest BCUT2D eigenvalue weighted by Gasteiger charge is -1.99. The van der Waals surface area contributed by atoms with Crippen molar-refractivity contribution < 1.29 is 8.78 Å². The van der Waals surface area contributed by atoms with Gasteiger partial charge in [0.1, 0.15) is 17.7 Å². The summed E-state index contributed by atoms with van der Waals surface area (Å²) in [4.78, 5) is 4.09. The summed E-state index contributed by atoms with van der Waals surface area (Å²) in [6, 6.07) is 3.32. The molecule has 2 rings (SSSR count). The first-order valence-electron chi connectivity index (χ1n) is 5.20. The van der Waals surface area contributed by atoms with Gasteiger partial charge in [-0.3, -0.25) is 5.43 Å². The van der Waals surface area contributed by atoms with E-state index >= 15 is 0 Å². The third-order valence-electron chi connectivity index (χ3n) is 2.19. The van der Waals surface area contributed by atoms with Crippen molar-refractivity contribution in [3.63, 3.8) is 0 Å². The molecule has 0 amide bonds. The number of hydrogen-bond donors (Lipinski definition) is 1. The number of nitrogens with zero attached hydrogens (tertiary/aromatic N) is 3. The number of halogens is 2. The molecule has 0 aliphatic heterocycles. The second-order valence-corrected chi connectivity index (χ2v) is 4.49. The van der Waals surface area contributed by atoms with Gasteiger partial charge in [0.05, 0.1) is 17.5 Å². The molecule has 1 aromatic heterocycles. The molecule has 1 N–H and O–H groups in total. The fourth-order valence-corrected chi connectivity index (χ4v) is 1.95. The zero-order chi connectivity index (χ0) is 13.8. The van der Waals surface area contributed by atoms with E-state index in [0.29, 0.717) is 5.13 Å². The van der Waals surface area contributed by atoms with Crippen molar-refractivity contribution >= 4 is 22.7 Å². The third kappa shape index (κ3) is 3.11. The van der Waals surface area contributed by atoms with Crippen LogP contribution in [-0.2, 0) is 0 Å². The van der Waals surface area contributed by atoms with Crippen LogP contribution >= 0.6 is 11.3 Å². The normalized spacial score (nSPS) is 10.6. The lowest BCUT2D eigenvalue weighted by molar-refractivity contribution is 0.595. The molecule has 96 valence electrons. The summed E-state index contributed by atoms with van der Waals surface area (Å²) in [5, 5.41) is 14.7. The molecule has 0 bridgehead atoms. The van der Waals surface area contributed by atoms with Gasteiger partial charge in [-0.15, -0.1) is 11.3 Å². The van der Waals surface area contributed by atoms with Crippen molar-refractivity contribution in [3.8, 4) is 6.07 Å². The first-order valence-corrected chi connectivity index (χ1v) is 6.08. The van der Waals surface area contributed by atoms with E-state index in [1.54, 1.807) is 6.07 Å². The van der Waals surface area contributed by atoms with Crippen LogP contribution in [0, 0.1) is 29.9 Å². The first kappa shape index (κ1) is 13.1. The van der Waals surface area contributed by atoms with E-state index < -0.39 is 11.6 Å². The largest absolute Gasteiger partial charge is 0.253 e. The van der Waals surface area contributed by atoms with Gasteiger partial charge in [-0.1, -0.05) is 0 Å². The highest BCUT2D eigenvalue weighted by atomic mass is 32.1. The van der Waals surface area contributed by atoms with Crippen LogP contribution in [0.15, 0.2) is 22.6 Å². The van der Waals surface area contributed by atoms with Crippen molar-refractivity contribution in [2.24, 2.45) is 5.10 Å². The van der Waals surface area contributed by atoms with Gasteiger partial charge in [0.25, 0.3) is 0 Å². The average molecular weight is 278 g/mol. The average Bonchev–Trinajstić information content (AvgIpc) is 2.79. The van der Waals surface area contributed by atoms with Crippen LogP contribution in [0.4, 0.5) is 13.9 Å². The predicted molar refractivity (Wildman–Crippen MR) is 69.1 cm³/mol. The minimum Gasteiger partial charge on any atom is -0.253 e. The molecule has 0 unspecified atom stereocenters. The summed E-state index contributed by atoms with van der Waals surface area (Å²) in [5.41, 5.74) is 3.08. The first-order chi connectivity index (χ1) is 9.10. The number of rotatable bonds is 3. The second kappa shape index (κ2) is 5.54. The van der Waals surface area contributed by atoms with Gasteiger partial charge in [-0.05, 0) is 19.1 Å². The van der Waals surface area contributed by atoms with E-state index in [2.05, 4.69) is 15.5 Å². The number of hydrazone groups is 1.